The molecule has 0 unspecified atom stereocenters. The molecule has 26 heavy (non-hydrogen) atoms. The number of ether oxygens (including phenoxy) is 1. The maximum atomic E-state index is 12.1. The first-order valence-corrected chi connectivity index (χ1v) is 9.43. The highest BCUT2D eigenvalue weighted by Crippen LogP contribution is 2.32. The molecule has 1 saturated heterocycles. The van der Waals surface area contributed by atoms with Gasteiger partial charge in [-0.25, -0.2) is 0 Å². The van der Waals surface area contributed by atoms with Crippen LogP contribution in [0.3, 0.4) is 0 Å². The topological polar surface area (TPSA) is 70.2 Å². The van der Waals surface area contributed by atoms with Crippen molar-refractivity contribution in [3.8, 4) is 17.0 Å². The van der Waals surface area contributed by atoms with E-state index >= 15 is 0 Å². The summed E-state index contributed by atoms with van der Waals surface area (Å²) in [5.74, 6) is 1.55. The Bertz CT molecular complexity index is 743. The number of hydrogen-bond donors (Lipinski definition) is 2. The van der Waals surface area contributed by atoms with Crippen molar-refractivity contribution in [3.05, 3.63) is 36.0 Å². The zero-order valence-corrected chi connectivity index (χ0v) is 15.2. The summed E-state index contributed by atoms with van der Waals surface area (Å²) in [6.45, 7) is 2.53. The predicted molar refractivity (Wildman–Crippen MR) is 99.7 cm³/mol. The van der Waals surface area contributed by atoms with Crippen LogP contribution in [-0.2, 0) is 11.3 Å². The summed E-state index contributed by atoms with van der Waals surface area (Å²) in [6, 6.07) is 8.45. The van der Waals surface area contributed by atoms with Gasteiger partial charge in [0.2, 0.25) is 5.91 Å². The van der Waals surface area contributed by atoms with Crippen molar-refractivity contribution in [1.82, 2.24) is 20.4 Å². The molecule has 2 aromatic rings. The average molecular weight is 354 g/mol. The molecule has 1 saturated carbocycles. The quantitative estimate of drug-likeness (QED) is 0.836. The van der Waals surface area contributed by atoms with Crippen LogP contribution in [0.25, 0.3) is 11.3 Å². The average Bonchev–Trinajstić information content (AvgIpc) is 3.44. The number of likely N-dealkylation sites (tertiary alicyclic amines) is 1. The first kappa shape index (κ1) is 17.1. The Kier molecular flexibility index (Phi) is 4.93. The summed E-state index contributed by atoms with van der Waals surface area (Å²) in [5.41, 5.74) is 3.30. The normalized spacial score (nSPS) is 18.1. The largest absolute Gasteiger partial charge is 0.497 e. The van der Waals surface area contributed by atoms with Crippen LogP contribution < -0.4 is 10.1 Å². The van der Waals surface area contributed by atoms with E-state index in [-0.39, 0.29) is 0 Å². The van der Waals surface area contributed by atoms with E-state index in [1.54, 1.807) is 7.11 Å². The van der Waals surface area contributed by atoms with Crippen molar-refractivity contribution in [2.45, 2.75) is 38.3 Å². The first-order chi connectivity index (χ1) is 12.7. The lowest BCUT2D eigenvalue weighted by Crippen LogP contribution is -2.45. The Balaban J connectivity index is 1.31. The van der Waals surface area contributed by atoms with E-state index in [2.05, 4.69) is 20.4 Å². The molecule has 1 amide bonds. The van der Waals surface area contributed by atoms with Gasteiger partial charge in [-0.15, -0.1) is 0 Å². The Hall–Kier alpha value is -2.34. The van der Waals surface area contributed by atoms with Gasteiger partial charge in [-0.05, 0) is 49.9 Å². The van der Waals surface area contributed by atoms with Crippen molar-refractivity contribution >= 4 is 5.91 Å². The van der Waals surface area contributed by atoms with Crippen molar-refractivity contribution in [3.63, 3.8) is 0 Å². The second-order valence-electron chi connectivity index (χ2n) is 7.25. The number of amides is 1. The van der Waals surface area contributed by atoms with Gasteiger partial charge < -0.3 is 15.0 Å². The van der Waals surface area contributed by atoms with E-state index in [1.807, 2.05) is 30.5 Å². The van der Waals surface area contributed by atoms with Crippen LogP contribution >= 0.6 is 0 Å². The van der Waals surface area contributed by atoms with Crippen molar-refractivity contribution in [2.75, 3.05) is 20.2 Å². The third-order valence-corrected chi connectivity index (χ3v) is 5.41. The molecule has 138 valence electrons. The van der Waals surface area contributed by atoms with Crippen LogP contribution in [0.4, 0.5) is 0 Å². The third-order valence-electron chi connectivity index (χ3n) is 5.41. The second-order valence-corrected chi connectivity index (χ2v) is 7.25. The molecule has 2 aliphatic rings. The number of nitrogens with zero attached hydrogens (tertiary/aromatic N) is 2. The van der Waals surface area contributed by atoms with E-state index in [9.17, 15) is 4.79 Å². The number of aromatic amines is 1. The van der Waals surface area contributed by atoms with Crippen molar-refractivity contribution in [1.29, 1.82) is 0 Å². The van der Waals surface area contributed by atoms with Gasteiger partial charge in [0.05, 0.1) is 19.0 Å². The lowest BCUT2D eigenvalue weighted by atomic mass is 10.0. The number of rotatable bonds is 6. The zero-order chi connectivity index (χ0) is 17.9. The lowest BCUT2D eigenvalue weighted by Gasteiger charge is -2.32. The Morgan fingerprint density at radius 2 is 1.96 bits per heavy atom. The molecule has 1 aromatic carbocycles. The minimum Gasteiger partial charge on any atom is -0.497 e. The number of carbonyl (C=O) groups excluding carboxylic acids is 1. The molecule has 0 spiro atoms. The molecule has 1 aliphatic carbocycles. The second kappa shape index (κ2) is 7.50. The van der Waals surface area contributed by atoms with Gasteiger partial charge in [-0.2, -0.15) is 5.10 Å². The van der Waals surface area contributed by atoms with E-state index < -0.39 is 0 Å². The Morgan fingerprint density at radius 1 is 1.23 bits per heavy atom. The fraction of sp³-hybridized carbons (Fsp3) is 0.500. The molecule has 0 radical (unpaired) electrons. The molecule has 2 N–H and O–H groups in total. The number of hydrogen-bond acceptors (Lipinski definition) is 4. The van der Waals surface area contributed by atoms with Crippen LogP contribution in [0, 0.1) is 5.92 Å². The minimum atomic E-state index is 0.331. The van der Waals surface area contributed by atoms with Gasteiger partial charge in [-0.3, -0.25) is 9.89 Å². The molecular weight excluding hydrogens is 328 g/mol. The van der Waals surface area contributed by atoms with Gasteiger partial charge in [0, 0.05) is 42.7 Å². The van der Waals surface area contributed by atoms with Crippen LogP contribution in [0.1, 0.15) is 31.2 Å². The van der Waals surface area contributed by atoms with Crippen LogP contribution in [0.15, 0.2) is 30.5 Å². The number of methoxy groups -OCH3 is 1. The molecular formula is C20H26N4O2. The van der Waals surface area contributed by atoms with Crippen LogP contribution in [0.2, 0.25) is 0 Å². The number of H-pyrrole nitrogens is 1. The lowest BCUT2D eigenvalue weighted by molar-refractivity contribution is -0.133. The van der Waals surface area contributed by atoms with Crippen LogP contribution in [-0.4, -0.2) is 47.2 Å². The minimum absolute atomic E-state index is 0.331. The summed E-state index contributed by atoms with van der Waals surface area (Å²) in [4.78, 5) is 14.2. The highest BCUT2D eigenvalue weighted by molar-refractivity contribution is 5.81. The molecule has 4 rings (SSSR count). The SMILES string of the molecule is COc1ccc(-c2[nH]ncc2CNC2CCN(C(=O)C3CC3)CC2)cc1. The molecule has 1 aliphatic heterocycles. The van der Waals surface area contributed by atoms with Gasteiger partial charge in [-0.1, -0.05) is 0 Å². The molecule has 2 fully saturated rings. The van der Waals surface area contributed by atoms with E-state index in [1.165, 1.54) is 0 Å². The van der Waals surface area contributed by atoms with Crippen molar-refractivity contribution < 1.29 is 9.53 Å². The van der Waals surface area contributed by atoms with Crippen molar-refractivity contribution in [2.24, 2.45) is 5.92 Å². The van der Waals surface area contributed by atoms with Crippen LogP contribution in [0.5, 0.6) is 5.75 Å². The van der Waals surface area contributed by atoms with E-state index in [0.29, 0.717) is 17.9 Å². The van der Waals surface area contributed by atoms with E-state index in [0.717, 1.165) is 67.9 Å². The maximum absolute atomic E-state index is 12.1. The summed E-state index contributed by atoms with van der Waals surface area (Å²) < 4.78 is 5.22. The van der Waals surface area contributed by atoms with Gasteiger partial charge in [0.25, 0.3) is 0 Å². The molecule has 0 atom stereocenters. The fourth-order valence-corrected chi connectivity index (χ4v) is 3.60. The summed E-state index contributed by atoms with van der Waals surface area (Å²) in [5, 5.41) is 11.0. The maximum Gasteiger partial charge on any atom is 0.225 e. The Labute approximate surface area is 153 Å². The number of benzene rings is 1. The zero-order valence-electron chi connectivity index (χ0n) is 15.2. The van der Waals surface area contributed by atoms with Gasteiger partial charge in [0.15, 0.2) is 0 Å². The van der Waals surface area contributed by atoms with E-state index in [4.69, 9.17) is 4.74 Å². The third kappa shape index (κ3) is 3.75. The summed E-state index contributed by atoms with van der Waals surface area (Å²) in [7, 11) is 1.67. The summed E-state index contributed by atoms with van der Waals surface area (Å²) in [6.07, 6.45) is 6.11. The standard InChI is InChI=1S/C20H26N4O2/c1-26-18-6-4-14(5-7-18)19-16(13-22-23-19)12-21-17-8-10-24(11-9-17)20(25)15-2-3-15/h4-7,13,15,17,21H,2-3,8-12H2,1H3,(H,22,23). The number of aromatic nitrogens is 2. The van der Waals surface area contributed by atoms with Gasteiger partial charge >= 0.3 is 0 Å². The van der Waals surface area contributed by atoms with Gasteiger partial charge in [0.1, 0.15) is 5.75 Å². The fourth-order valence-electron chi connectivity index (χ4n) is 3.60. The first-order valence-electron chi connectivity index (χ1n) is 9.43. The number of nitrogens with one attached hydrogen (secondary N) is 2. The smallest absolute Gasteiger partial charge is 0.225 e. The highest BCUT2D eigenvalue weighted by Gasteiger charge is 2.34. The predicted octanol–water partition coefficient (Wildman–Crippen LogP) is 2.58. The molecule has 6 nitrogen and oxygen atoms in total. The molecule has 0 bridgehead atoms. The number of piperidine rings is 1. The molecule has 6 heteroatoms. The number of carbonyl (C=O) groups is 1. The monoisotopic (exact) mass is 354 g/mol. The summed E-state index contributed by atoms with van der Waals surface area (Å²) >= 11 is 0. The molecule has 2 heterocycles. The highest BCUT2D eigenvalue weighted by atomic mass is 16.5. The Morgan fingerprint density at radius 3 is 2.62 bits per heavy atom. The molecule has 1 aromatic heterocycles.